The van der Waals surface area contributed by atoms with Gasteiger partial charge in [0.1, 0.15) is 23.1 Å². The smallest absolute Gasteiger partial charge is 0.364 e. The standard InChI is InChI=1S/C28H31F3N2O3S/c1-26(20-6-5-7-21(14-20)28(29,30)31)11-8-19(9-12-26)27(10-3-4-13-36-27)24-17-25(32-33(24)18-35-2)37-23-15-22(34)16-23/h5-9,11,14,17,23H,3-4,10,12-13,15-16,18H2,1-2H3. The molecule has 198 valence electrons. The van der Waals surface area contributed by atoms with E-state index in [0.717, 1.165) is 41.6 Å². The third-order valence-corrected chi connectivity index (χ3v) is 8.69. The van der Waals surface area contributed by atoms with Gasteiger partial charge in [-0.05, 0) is 49.0 Å². The number of methoxy groups -OCH3 is 1. The van der Waals surface area contributed by atoms with Gasteiger partial charge in [-0.1, -0.05) is 43.4 Å². The zero-order chi connectivity index (χ0) is 26.3. The first kappa shape index (κ1) is 26.3. The number of nitrogens with zero attached hydrogens (tertiary/aromatic N) is 2. The Bertz CT molecular complexity index is 1220. The molecule has 1 saturated carbocycles. The molecular weight excluding hydrogens is 501 g/mol. The van der Waals surface area contributed by atoms with Gasteiger partial charge in [0.2, 0.25) is 0 Å². The molecule has 0 radical (unpaired) electrons. The van der Waals surface area contributed by atoms with E-state index < -0.39 is 22.8 Å². The van der Waals surface area contributed by atoms with Crippen LogP contribution >= 0.6 is 11.8 Å². The van der Waals surface area contributed by atoms with Gasteiger partial charge < -0.3 is 9.47 Å². The minimum atomic E-state index is -4.38. The Morgan fingerprint density at radius 2 is 2.05 bits per heavy atom. The van der Waals surface area contributed by atoms with E-state index in [-0.39, 0.29) is 17.8 Å². The minimum absolute atomic E-state index is 0.247. The topological polar surface area (TPSA) is 53.4 Å². The minimum Gasteiger partial charge on any atom is -0.364 e. The van der Waals surface area contributed by atoms with Crippen LogP contribution < -0.4 is 0 Å². The van der Waals surface area contributed by atoms with Crippen molar-refractivity contribution in [1.82, 2.24) is 9.78 Å². The first-order valence-electron chi connectivity index (χ1n) is 12.6. The molecule has 37 heavy (non-hydrogen) atoms. The fraction of sp³-hybridized carbons (Fsp3) is 0.500. The van der Waals surface area contributed by atoms with Crippen LogP contribution in [0.1, 0.15) is 62.3 Å². The first-order chi connectivity index (χ1) is 17.6. The van der Waals surface area contributed by atoms with Crippen LogP contribution in [0.2, 0.25) is 0 Å². The molecule has 9 heteroatoms. The molecule has 2 aromatic rings. The van der Waals surface area contributed by atoms with Crippen molar-refractivity contribution in [3.8, 4) is 0 Å². The number of ether oxygens (including phenoxy) is 2. The van der Waals surface area contributed by atoms with Crippen LogP contribution in [-0.2, 0) is 38.2 Å². The van der Waals surface area contributed by atoms with Gasteiger partial charge in [0.05, 0.1) is 11.3 Å². The molecule has 1 aliphatic heterocycles. The van der Waals surface area contributed by atoms with Crippen molar-refractivity contribution in [1.29, 1.82) is 0 Å². The maximum Gasteiger partial charge on any atom is 0.416 e. The lowest BCUT2D eigenvalue weighted by molar-refractivity contribution is -0.137. The number of rotatable bonds is 7. The van der Waals surface area contributed by atoms with Crippen LogP contribution in [0.25, 0.3) is 0 Å². The second-order valence-corrected chi connectivity index (χ2v) is 11.6. The summed E-state index contributed by atoms with van der Waals surface area (Å²) in [5.41, 5.74) is 0.605. The molecule has 1 aromatic heterocycles. The predicted molar refractivity (Wildman–Crippen MR) is 135 cm³/mol. The first-order valence-corrected chi connectivity index (χ1v) is 13.5. The average Bonchev–Trinajstić information content (AvgIpc) is 3.27. The summed E-state index contributed by atoms with van der Waals surface area (Å²) in [6.45, 7) is 2.84. The Labute approximate surface area is 219 Å². The molecule has 2 fully saturated rings. The van der Waals surface area contributed by atoms with Crippen molar-refractivity contribution in [2.24, 2.45) is 0 Å². The highest BCUT2D eigenvalue weighted by Crippen LogP contribution is 2.47. The van der Waals surface area contributed by atoms with Crippen LogP contribution in [0.4, 0.5) is 13.2 Å². The Morgan fingerprint density at radius 1 is 1.24 bits per heavy atom. The molecule has 2 aliphatic carbocycles. The third kappa shape index (κ3) is 5.18. The summed E-state index contributed by atoms with van der Waals surface area (Å²) in [5, 5.41) is 5.86. The summed E-state index contributed by atoms with van der Waals surface area (Å²) < 4.78 is 53.9. The van der Waals surface area contributed by atoms with Gasteiger partial charge in [-0.25, -0.2) is 4.68 Å². The summed E-state index contributed by atoms with van der Waals surface area (Å²) >= 11 is 1.61. The lowest BCUT2D eigenvalue weighted by Crippen LogP contribution is -2.39. The normalized spacial score (nSPS) is 26.7. The summed E-state index contributed by atoms with van der Waals surface area (Å²) in [6, 6.07) is 7.64. The van der Waals surface area contributed by atoms with E-state index in [1.165, 1.54) is 12.1 Å². The second-order valence-electron chi connectivity index (χ2n) is 10.3. The van der Waals surface area contributed by atoms with E-state index in [0.29, 0.717) is 31.4 Å². The third-order valence-electron chi connectivity index (χ3n) is 7.58. The highest BCUT2D eigenvalue weighted by atomic mass is 32.2. The summed E-state index contributed by atoms with van der Waals surface area (Å²) in [6.07, 6.45) is 6.14. The zero-order valence-corrected chi connectivity index (χ0v) is 21.8. The molecule has 1 saturated heterocycles. The predicted octanol–water partition coefficient (Wildman–Crippen LogP) is 6.57. The van der Waals surface area contributed by atoms with Crippen LogP contribution in [-0.4, -0.2) is 34.5 Å². The van der Waals surface area contributed by atoms with Crippen molar-refractivity contribution in [2.75, 3.05) is 13.7 Å². The van der Waals surface area contributed by atoms with Crippen LogP contribution in [0.3, 0.4) is 0 Å². The summed E-state index contributed by atoms with van der Waals surface area (Å²) in [5.74, 6) is 0.280. The molecule has 2 unspecified atom stereocenters. The molecule has 2 atom stereocenters. The Kier molecular flexibility index (Phi) is 7.15. The average molecular weight is 533 g/mol. The van der Waals surface area contributed by atoms with E-state index in [2.05, 4.69) is 6.08 Å². The summed E-state index contributed by atoms with van der Waals surface area (Å²) in [7, 11) is 1.62. The Hall–Kier alpha value is -2.36. The molecule has 0 spiro atoms. The quantitative estimate of drug-likeness (QED) is 0.404. The molecule has 0 bridgehead atoms. The van der Waals surface area contributed by atoms with E-state index in [4.69, 9.17) is 14.6 Å². The highest BCUT2D eigenvalue weighted by Gasteiger charge is 2.43. The molecular formula is C28H31F3N2O3S. The number of carbonyl (C=O) groups is 1. The van der Waals surface area contributed by atoms with Crippen molar-refractivity contribution in [2.45, 2.75) is 79.6 Å². The fourth-order valence-electron chi connectivity index (χ4n) is 5.37. The van der Waals surface area contributed by atoms with Gasteiger partial charge >= 0.3 is 6.18 Å². The summed E-state index contributed by atoms with van der Waals surface area (Å²) in [4.78, 5) is 11.5. The molecule has 0 amide bonds. The number of allylic oxidation sites excluding steroid dienone is 2. The molecule has 1 aromatic carbocycles. The maximum absolute atomic E-state index is 13.3. The SMILES string of the molecule is COCn1nc(SC2CC(=O)C2)cc1C1(C2=CCC(C)(c3cccc(C(F)(F)F)c3)C=C2)CCCCO1. The van der Waals surface area contributed by atoms with Gasteiger partial charge in [-0.3, -0.25) is 4.79 Å². The van der Waals surface area contributed by atoms with E-state index in [1.807, 2.05) is 29.8 Å². The Balaban J connectivity index is 1.47. The van der Waals surface area contributed by atoms with Crippen LogP contribution in [0, 0.1) is 0 Å². The lowest BCUT2D eigenvalue weighted by Gasteiger charge is -2.41. The maximum atomic E-state index is 13.3. The van der Waals surface area contributed by atoms with Crippen LogP contribution in [0.15, 0.2) is 59.2 Å². The van der Waals surface area contributed by atoms with Gasteiger partial charge in [-0.15, -0.1) is 11.8 Å². The molecule has 5 nitrogen and oxygen atoms in total. The number of ketones is 1. The zero-order valence-electron chi connectivity index (χ0n) is 21.0. The number of hydrogen-bond donors (Lipinski definition) is 0. The van der Waals surface area contributed by atoms with Crippen molar-refractivity contribution >= 4 is 17.5 Å². The number of hydrogen-bond acceptors (Lipinski definition) is 5. The molecule has 0 N–H and O–H groups in total. The largest absolute Gasteiger partial charge is 0.416 e. The number of thioether (sulfide) groups is 1. The van der Waals surface area contributed by atoms with Crippen molar-refractivity contribution in [3.63, 3.8) is 0 Å². The second kappa shape index (κ2) is 10.1. The van der Waals surface area contributed by atoms with Crippen LogP contribution in [0.5, 0.6) is 0 Å². The van der Waals surface area contributed by atoms with Gasteiger partial charge in [0.25, 0.3) is 0 Å². The lowest BCUT2D eigenvalue weighted by atomic mass is 9.72. The molecule has 2 heterocycles. The van der Waals surface area contributed by atoms with Gasteiger partial charge in [0.15, 0.2) is 0 Å². The Morgan fingerprint density at radius 3 is 2.68 bits per heavy atom. The highest BCUT2D eigenvalue weighted by molar-refractivity contribution is 8.00. The van der Waals surface area contributed by atoms with Gasteiger partial charge in [-0.2, -0.15) is 18.3 Å². The molecule has 3 aliphatic rings. The number of carbonyl (C=O) groups excluding carboxylic acids is 1. The number of Topliss-reactive ketones (excluding diaryl/α,β-unsaturated/α-hetero) is 1. The van der Waals surface area contributed by atoms with Gasteiger partial charge in [0, 0.05) is 37.2 Å². The van der Waals surface area contributed by atoms with E-state index in [9.17, 15) is 18.0 Å². The van der Waals surface area contributed by atoms with Crippen molar-refractivity contribution in [3.05, 3.63) is 71.0 Å². The van der Waals surface area contributed by atoms with E-state index in [1.54, 1.807) is 24.9 Å². The number of aromatic nitrogens is 2. The fourth-order valence-corrected chi connectivity index (χ4v) is 6.57. The van der Waals surface area contributed by atoms with E-state index >= 15 is 0 Å². The number of halogens is 3. The number of benzene rings is 1. The van der Waals surface area contributed by atoms with Crippen molar-refractivity contribution < 1.29 is 27.4 Å². The monoisotopic (exact) mass is 532 g/mol. The molecule has 5 rings (SSSR count). The number of alkyl halides is 3.